The molecule has 0 bridgehead atoms. The molecular formula is C13H19N3. The minimum absolute atomic E-state index is 0.313. The second-order valence-electron chi connectivity index (χ2n) is 4.30. The molecule has 0 amide bonds. The van der Waals surface area contributed by atoms with Gasteiger partial charge in [0.25, 0.3) is 0 Å². The SMILES string of the molecule is CC(C)/N=C/c1cncc(/C=N/C(C)C)c1. The van der Waals surface area contributed by atoms with E-state index in [1.807, 2.05) is 46.2 Å². The summed E-state index contributed by atoms with van der Waals surface area (Å²) in [5, 5.41) is 0. The Labute approximate surface area is 97.4 Å². The molecule has 86 valence electrons. The number of hydrogen-bond acceptors (Lipinski definition) is 3. The van der Waals surface area contributed by atoms with E-state index >= 15 is 0 Å². The highest BCUT2D eigenvalue weighted by atomic mass is 14.8. The molecule has 0 aliphatic heterocycles. The molecule has 0 N–H and O–H groups in total. The lowest BCUT2D eigenvalue weighted by Crippen LogP contribution is -1.94. The molecule has 0 unspecified atom stereocenters. The van der Waals surface area contributed by atoms with Crippen LogP contribution in [0.15, 0.2) is 28.4 Å². The first-order valence-electron chi connectivity index (χ1n) is 5.59. The van der Waals surface area contributed by atoms with Crippen LogP contribution in [-0.4, -0.2) is 29.5 Å². The van der Waals surface area contributed by atoms with Gasteiger partial charge in [0.05, 0.1) is 0 Å². The van der Waals surface area contributed by atoms with Gasteiger partial charge in [-0.2, -0.15) is 0 Å². The third kappa shape index (κ3) is 4.82. The highest BCUT2D eigenvalue weighted by Crippen LogP contribution is 2.00. The summed E-state index contributed by atoms with van der Waals surface area (Å²) in [6, 6.07) is 2.66. The van der Waals surface area contributed by atoms with E-state index in [4.69, 9.17) is 0 Å². The molecule has 1 heterocycles. The van der Waals surface area contributed by atoms with Gasteiger partial charge in [-0.15, -0.1) is 0 Å². The smallest absolute Gasteiger partial charge is 0.0443 e. The molecule has 0 radical (unpaired) electrons. The van der Waals surface area contributed by atoms with E-state index in [1.54, 1.807) is 12.4 Å². The number of pyridine rings is 1. The molecule has 0 fully saturated rings. The molecule has 0 aliphatic carbocycles. The van der Waals surface area contributed by atoms with Crippen molar-refractivity contribution in [3.63, 3.8) is 0 Å². The van der Waals surface area contributed by atoms with E-state index in [1.165, 1.54) is 0 Å². The monoisotopic (exact) mass is 217 g/mol. The van der Waals surface area contributed by atoms with Crippen molar-refractivity contribution in [3.05, 3.63) is 29.6 Å². The fourth-order valence-electron chi connectivity index (χ4n) is 1.09. The first kappa shape index (κ1) is 12.6. The van der Waals surface area contributed by atoms with Gasteiger partial charge in [0, 0.05) is 48.0 Å². The van der Waals surface area contributed by atoms with Crippen molar-refractivity contribution in [2.45, 2.75) is 39.8 Å². The summed E-state index contributed by atoms with van der Waals surface area (Å²) in [6.07, 6.45) is 7.31. The van der Waals surface area contributed by atoms with Crippen LogP contribution in [-0.2, 0) is 0 Å². The molecule has 0 saturated heterocycles. The molecule has 1 rings (SSSR count). The van der Waals surface area contributed by atoms with E-state index < -0.39 is 0 Å². The first-order valence-corrected chi connectivity index (χ1v) is 5.59. The summed E-state index contributed by atoms with van der Waals surface area (Å²) >= 11 is 0. The van der Waals surface area contributed by atoms with Gasteiger partial charge in [-0.25, -0.2) is 0 Å². The Morgan fingerprint density at radius 3 is 1.75 bits per heavy atom. The van der Waals surface area contributed by atoms with Crippen LogP contribution in [0.3, 0.4) is 0 Å². The summed E-state index contributed by atoms with van der Waals surface area (Å²) < 4.78 is 0. The zero-order valence-electron chi connectivity index (χ0n) is 10.4. The van der Waals surface area contributed by atoms with Gasteiger partial charge >= 0.3 is 0 Å². The first-order chi connectivity index (χ1) is 7.58. The maximum atomic E-state index is 4.32. The van der Waals surface area contributed by atoms with Gasteiger partial charge < -0.3 is 0 Å². The summed E-state index contributed by atoms with van der Waals surface area (Å²) in [7, 11) is 0. The fourth-order valence-corrected chi connectivity index (χ4v) is 1.09. The zero-order valence-corrected chi connectivity index (χ0v) is 10.4. The maximum Gasteiger partial charge on any atom is 0.0443 e. The van der Waals surface area contributed by atoms with Crippen LogP contribution >= 0.6 is 0 Å². The summed E-state index contributed by atoms with van der Waals surface area (Å²) in [6.45, 7) is 8.20. The number of nitrogens with zero attached hydrogens (tertiary/aromatic N) is 3. The van der Waals surface area contributed by atoms with Crippen LogP contribution in [0.25, 0.3) is 0 Å². The van der Waals surface area contributed by atoms with Gasteiger partial charge in [0.2, 0.25) is 0 Å². The minimum atomic E-state index is 0.313. The van der Waals surface area contributed by atoms with Crippen LogP contribution in [0.1, 0.15) is 38.8 Å². The third-order valence-electron chi connectivity index (χ3n) is 1.82. The van der Waals surface area contributed by atoms with Crippen LogP contribution in [0.5, 0.6) is 0 Å². The molecule has 1 aromatic rings. The Bertz CT molecular complexity index is 345. The highest BCUT2D eigenvalue weighted by molar-refractivity contribution is 5.85. The Morgan fingerprint density at radius 2 is 1.38 bits per heavy atom. The highest BCUT2D eigenvalue weighted by Gasteiger charge is 1.93. The van der Waals surface area contributed by atoms with Gasteiger partial charge in [-0.1, -0.05) is 0 Å². The van der Waals surface area contributed by atoms with Crippen LogP contribution in [0.4, 0.5) is 0 Å². The van der Waals surface area contributed by atoms with Crippen molar-refractivity contribution < 1.29 is 0 Å². The molecule has 0 saturated carbocycles. The van der Waals surface area contributed by atoms with Gasteiger partial charge in [0.1, 0.15) is 0 Å². The predicted octanol–water partition coefficient (Wildman–Crippen LogP) is 2.74. The van der Waals surface area contributed by atoms with E-state index in [2.05, 4.69) is 15.0 Å². The Balaban J connectivity index is 2.79. The average molecular weight is 217 g/mol. The average Bonchev–Trinajstić information content (AvgIpc) is 2.24. The molecule has 3 heteroatoms. The Kier molecular flexibility index (Phi) is 4.83. The lowest BCUT2D eigenvalue weighted by Gasteiger charge is -1.98. The van der Waals surface area contributed by atoms with Crippen molar-refractivity contribution >= 4 is 12.4 Å². The summed E-state index contributed by atoms with van der Waals surface area (Å²) in [5.74, 6) is 0. The molecule has 1 aromatic heterocycles. The molecule has 0 spiro atoms. The summed E-state index contributed by atoms with van der Waals surface area (Å²) in [4.78, 5) is 12.8. The lowest BCUT2D eigenvalue weighted by molar-refractivity contribution is 0.840. The normalized spacial score (nSPS) is 12.4. The van der Waals surface area contributed by atoms with E-state index in [0.29, 0.717) is 12.1 Å². The van der Waals surface area contributed by atoms with Crippen molar-refractivity contribution in [1.29, 1.82) is 0 Å². The summed E-state index contributed by atoms with van der Waals surface area (Å²) in [5.41, 5.74) is 2.03. The molecule has 16 heavy (non-hydrogen) atoms. The molecule has 0 atom stereocenters. The van der Waals surface area contributed by atoms with Crippen molar-refractivity contribution in [2.24, 2.45) is 9.98 Å². The van der Waals surface area contributed by atoms with Gasteiger partial charge in [-0.05, 0) is 33.8 Å². The van der Waals surface area contributed by atoms with Crippen molar-refractivity contribution in [1.82, 2.24) is 4.98 Å². The van der Waals surface area contributed by atoms with E-state index in [9.17, 15) is 0 Å². The second-order valence-corrected chi connectivity index (χ2v) is 4.30. The van der Waals surface area contributed by atoms with Crippen molar-refractivity contribution in [2.75, 3.05) is 0 Å². The van der Waals surface area contributed by atoms with Gasteiger partial charge in [0.15, 0.2) is 0 Å². The Morgan fingerprint density at radius 1 is 0.938 bits per heavy atom. The topological polar surface area (TPSA) is 37.6 Å². The number of aliphatic imine (C=N–C) groups is 2. The largest absolute Gasteiger partial charge is 0.290 e. The third-order valence-corrected chi connectivity index (χ3v) is 1.82. The predicted molar refractivity (Wildman–Crippen MR) is 69.7 cm³/mol. The molecular weight excluding hydrogens is 198 g/mol. The lowest BCUT2D eigenvalue weighted by atomic mass is 10.2. The number of aromatic nitrogens is 1. The second kappa shape index (κ2) is 6.16. The van der Waals surface area contributed by atoms with Crippen LogP contribution < -0.4 is 0 Å². The number of rotatable bonds is 4. The fraction of sp³-hybridized carbons (Fsp3) is 0.462. The number of hydrogen-bond donors (Lipinski definition) is 0. The van der Waals surface area contributed by atoms with Crippen LogP contribution in [0.2, 0.25) is 0 Å². The van der Waals surface area contributed by atoms with Gasteiger partial charge in [-0.3, -0.25) is 15.0 Å². The minimum Gasteiger partial charge on any atom is -0.290 e. The molecule has 0 aromatic carbocycles. The van der Waals surface area contributed by atoms with Crippen LogP contribution in [0, 0.1) is 0 Å². The molecule has 3 nitrogen and oxygen atoms in total. The zero-order chi connectivity index (χ0) is 12.0. The molecule has 0 aliphatic rings. The van der Waals surface area contributed by atoms with E-state index in [-0.39, 0.29) is 0 Å². The standard InChI is InChI=1S/C13H19N3/c1-10(2)15-8-12-5-13(7-14-6-12)9-16-11(3)4/h5-11H,1-4H3/b15-8+,16-9+. The quantitative estimate of drug-likeness (QED) is 0.714. The van der Waals surface area contributed by atoms with E-state index in [0.717, 1.165) is 11.1 Å². The van der Waals surface area contributed by atoms with Crippen molar-refractivity contribution in [3.8, 4) is 0 Å². The maximum absolute atomic E-state index is 4.32. The Hall–Kier alpha value is -1.51.